The minimum atomic E-state index is -1.24. The number of hydrogen-bond donors (Lipinski definition) is 2. The molecule has 0 saturated heterocycles. The molecule has 1 aliphatic carbocycles. The van der Waals surface area contributed by atoms with Gasteiger partial charge in [0.25, 0.3) is 5.70 Å². The lowest BCUT2D eigenvalue weighted by Gasteiger charge is -2.35. The van der Waals surface area contributed by atoms with Crippen molar-refractivity contribution in [1.29, 1.82) is 0 Å². The first-order chi connectivity index (χ1) is 24.8. The molecule has 0 spiro atoms. The van der Waals surface area contributed by atoms with Crippen LogP contribution in [-0.4, -0.2) is 51.4 Å². The third kappa shape index (κ3) is 6.45. The molecule has 52 heavy (non-hydrogen) atoms. The lowest BCUT2D eigenvalue weighted by molar-refractivity contribution is -0.438. The molecular weight excluding hydrogens is 647 g/mol. The topological polar surface area (TPSA) is 85.2 Å². The van der Waals surface area contributed by atoms with E-state index in [2.05, 4.69) is 98.3 Å². The maximum atomic E-state index is 14.0. The number of unbranched alkanes of at least 4 members (excludes halogenated alkanes) is 3. The van der Waals surface area contributed by atoms with Crippen LogP contribution < -0.4 is 4.90 Å². The van der Waals surface area contributed by atoms with E-state index in [1.807, 2.05) is 36.4 Å². The van der Waals surface area contributed by atoms with E-state index in [4.69, 9.17) is 6.57 Å². The number of carbonyl (C=O) groups is 2. The number of ketones is 1. The lowest BCUT2D eigenvalue weighted by Crippen LogP contribution is -2.46. The van der Waals surface area contributed by atoms with E-state index in [0.29, 0.717) is 11.1 Å². The second kappa shape index (κ2) is 14.5. The Morgan fingerprint density at radius 2 is 1.63 bits per heavy atom. The smallest absolute Gasteiger partial charge is 0.333 e. The maximum absolute atomic E-state index is 14.0. The van der Waals surface area contributed by atoms with Crippen LogP contribution in [0.2, 0.25) is 0 Å². The summed E-state index contributed by atoms with van der Waals surface area (Å²) in [5, 5.41) is 20.9. The van der Waals surface area contributed by atoms with Crippen LogP contribution in [0.1, 0.15) is 90.3 Å². The van der Waals surface area contributed by atoms with Crippen LogP contribution in [0.4, 0.5) is 11.4 Å². The molecule has 2 atom stereocenters. The van der Waals surface area contributed by atoms with E-state index in [9.17, 15) is 19.8 Å². The van der Waals surface area contributed by atoms with Crippen LogP contribution in [0.5, 0.6) is 0 Å². The fourth-order valence-corrected chi connectivity index (χ4v) is 8.15. The van der Waals surface area contributed by atoms with Crippen molar-refractivity contribution in [3.8, 4) is 11.1 Å². The molecule has 7 nitrogen and oxygen atoms in total. The molecule has 268 valence electrons. The van der Waals surface area contributed by atoms with Crippen LogP contribution in [0.15, 0.2) is 95.8 Å². The van der Waals surface area contributed by atoms with Gasteiger partial charge < -0.3 is 15.1 Å². The number of rotatable bonds is 12. The standard InChI is InChI=1S/C45H49N3O4/c1-8-10-11-14-24-48-38-22-21-31(30-19-17-29(18-20-30)25-36(46-7)43(51)52)26-35(38)45(5,6)40(48)28-33-41(49)32(42(33)50)27-39-44(3,4)34-15-12-13-16-37(34)47(39)23-9-2/h12-13,15-22,25-28,32,41,49H,8-11,14,23-24H2,1-6H3/p+1. The molecule has 3 aromatic carbocycles. The summed E-state index contributed by atoms with van der Waals surface area (Å²) in [6.07, 6.45) is 9.90. The molecule has 1 saturated carbocycles. The van der Waals surface area contributed by atoms with Crippen LogP contribution in [0.3, 0.4) is 0 Å². The molecule has 3 aliphatic rings. The number of fused-ring (bicyclic) bond motifs is 2. The number of carboxylic acid groups (broad SMARTS) is 1. The average molecular weight is 697 g/mol. The molecule has 2 unspecified atom stereocenters. The normalized spacial score (nSPS) is 21.7. The zero-order valence-electron chi connectivity index (χ0n) is 31.2. The second-order valence-corrected chi connectivity index (χ2v) is 15.3. The van der Waals surface area contributed by atoms with Crippen molar-refractivity contribution in [3.05, 3.63) is 124 Å². The molecule has 2 aliphatic heterocycles. The Morgan fingerprint density at radius 3 is 2.29 bits per heavy atom. The number of aliphatic hydroxyl groups excluding tert-OH is 1. The Morgan fingerprint density at radius 1 is 0.923 bits per heavy atom. The second-order valence-electron chi connectivity index (χ2n) is 15.3. The summed E-state index contributed by atoms with van der Waals surface area (Å²) in [6, 6.07) is 22.4. The molecule has 1 fully saturated rings. The van der Waals surface area contributed by atoms with E-state index in [1.54, 1.807) is 0 Å². The third-order valence-electron chi connectivity index (χ3n) is 11.1. The minimum absolute atomic E-state index is 0.0208. The first-order valence-corrected chi connectivity index (χ1v) is 18.6. The molecule has 2 N–H and O–H groups in total. The molecular formula is C45H50N3O4+. The predicted octanol–water partition coefficient (Wildman–Crippen LogP) is 9.23. The maximum Gasteiger partial charge on any atom is 0.333 e. The van der Waals surface area contributed by atoms with Gasteiger partial charge in [-0.05, 0) is 73.2 Å². The Labute approximate surface area is 308 Å². The van der Waals surface area contributed by atoms with Gasteiger partial charge in [-0.3, -0.25) is 9.59 Å². The number of para-hydroxylation sites is 1. The van der Waals surface area contributed by atoms with Gasteiger partial charge in [-0.15, -0.1) is 0 Å². The van der Waals surface area contributed by atoms with Crippen LogP contribution >= 0.6 is 0 Å². The summed E-state index contributed by atoms with van der Waals surface area (Å²) in [4.78, 5) is 30.8. The van der Waals surface area contributed by atoms with Gasteiger partial charge in [-0.1, -0.05) is 89.1 Å². The summed E-state index contributed by atoms with van der Waals surface area (Å²) in [7, 11) is 0. The molecule has 0 aromatic heterocycles. The number of aliphatic hydroxyl groups is 1. The van der Waals surface area contributed by atoms with Crippen LogP contribution in [0, 0.1) is 12.5 Å². The van der Waals surface area contributed by atoms with Crippen LogP contribution in [0.25, 0.3) is 22.0 Å². The fourth-order valence-electron chi connectivity index (χ4n) is 8.15. The Hall–Kier alpha value is -5.06. The van der Waals surface area contributed by atoms with E-state index in [1.165, 1.54) is 17.3 Å². The zero-order valence-corrected chi connectivity index (χ0v) is 31.2. The number of carboxylic acids is 1. The highest BCUT2D eigenvalue weighted by Gasteiger charge is 2.50. The summed E-state index contributed by atoms with van der Waals surface area (Å²) in [5.74, 6) is -1.86. The summed E-state index contributed by atoms with van der Waals surface area (Å²) < 4.78 is 2.35. The quantitative estimate of drug-likeness (QED) is 0.0854. The third-order valence-corrected chi connectivity index (χ3v) is 11.1. The largest absolute Gasteiger partial charge is 0.486 e. The minimum Gasteiger partial charge on any atom is -0.486 e. The highest BCUT2D eigenvalue weighted by molar-refractivity contribution is 6.14. The number of Topliss-reactive ketones (excluding diaryl/α,β-unsaturated/α-hetero) is 1. The van der Waals surface area contributed by atoms with Gasteiger partial charge in [-0.2, -0.15) is 4.58 Å². The highest BCUT2D eigenvalue weighted by atomic mass is 16.4. The lowest BCUT2D eigenvalue weighted by atomic mass is 9.71. The van der Waals surface area contributed by atoms with Gasteiger partial charge in [0.05, 0.1) is 24.0 Å². The molecule has 0 amide bonds. The number of aliphatic carboxylic acids is 1. The molecule has 0 bridgehead atoms. The van der Waals surface area contributed by atoms with E-state index in [-0.39, 0.29) is 16.9 Å². The number of nitrogens with zero attached hydrogens (tertiary/aromatic N) is 3. The van der Waals surface area contributed by atoms with Gasteiger partial charge in [0.15, 0.2) is 11.5 Å². The Bertz CT molecular complexity index is 2070. The van der Waals surface area contributed by atoms with Gasteiger partial charge in [0, 0.05) is 53.0 Å². The van der Waals surface area contributed by atoms with Gasteiger partial charge in [-0.25, -0.2) is 4.85 Å². The zero-order chi connectivity index (χ0) is 37.4. The summed E-state index contributed by atoms with van der Waals surface area (Å²) in [5.41, 5.74) is 8.86. The fraction of sp³-hybridized carbons (Fsp3) is 0.378. The number of hydrogen-bond acceptors (Lipinski definition) is 4. The molecule has 6 rings (SSSR count). The molecule has 3 aromatic rings. The number of carbonyl (C=O) groups excluding carboxylic acids is 1. The Balaban J connectivity index is 1.33. The Kier molecular flexibility index (Phi) is 10.3. The monoisotopic (exact) mass is 696 g/mol. The van der Waals surface area contributed by atoms with Crippen molar-refractivity contribution < 1.29 is 24.4 Å². The molecule has 2 heterocycles. The van der Waals surface area contributed by atoms with Gasteiger partial charge in [0.2, 0.25) is 5.69 Å². The van der Waals surface area contributed by atoms with Crippen molar-refractivity contribution in [1.82, 2.24) is 0 Å². The highest BCUT2D eigenvalue weighted by Crippen LogP contribution is 2.49. The van der Waals surface area contributed by atoms with E-state index >= 15 is 0 Å². The van der Waals surface area contributed by atoms with Gasteiger partial charge in [0.1, 0.15) is 6.54 Å². The molecule has 7 heteroatoms. The number of anilines is 1. The first kappa shape index (κ1) is 36.7. The van der Waals surface area contributed by atoms with Crippen molar-refractivity contribution in [2.75, 3.05) is 18.0 Å². The van der Waals surface area contributed by atoms with Crippen molar-refractivity contribution in [2.45, 2.75) is 90.6 Å². The average Bonchev–Trinajstić information content (AvgIpc) is 3.48. The molecule has 0 radical (unpaired) electrons. The first-order valence-electron chi connectivity index (χ1n) is 18.6. The van der Waals surface area contributed by atoms with E-state index in [0.717, 1.165) is 79.0 Å². The summed E-state index contributed by atoms with van der Waals surface area (Å²) in [6.45, 7) is 22.0. The van der Waals surface area contributed by atoms with Crippen molar-refractivity contribution in [2.24, 2.45) is 5.92 Å². The van der Waals surface area contributed by atoms with Crippen molar-refractivity contribution in [3.63, 3.8) is 0 Å². The number of benzene rings is 3. The van der Waals surface area contributed by atoms with E-state index < -0.39 is 23.4 Å². The van der Waals surface area contributed by atoms with Gasteiger partial charge >= 0.3 is 5.97 Å². The summed E-state index contributed by atoms with van der Waals surface area (Å²) >= 11 is 0. The van der Waals surface area contributed by atoms with Crippen LogP contribution in [-0.2, 0) is 20.4 Å². The number of allylic oxidation sites excluding steroid dienone is 2. The van der Waals surface area contributed by atoms with Crippen molar-refractivity contribution >= 4 is 34.9 Å². The SMILES string of the molecule is [C-]#[N+]C(=Cc1ccc(-c2ccc3c(c2)C(C)(C)C(C=C2C(=O)C(C=C4N(CCC)c5ccccc5C4(C)C)C2O)=[N+]3CCCCCC)cc1)C(=O)O. The predicted molar refractivity (Wildman–Crippen MR) is 209 cm³/mol.